The van der Waals surface area contributed by atoms with E-state index in [0.717, 1.165) is 11.0 Å². The molecule has 3 nitrogen and oxygen atoms in total. The van der Waals surface area contributed by atoms with Gasteiger partial charge in [-0.1, -0.05) is 11.6 Å². The van der Waals surface area contributed by atoms with Gasteiger partial charge in [0, 0.05) is 5.39 Å². The molecule has 5 heteroatoms. The second-order valence-corrected chi connectivity index (χ2v) is 4.61. The molecule has 0 radical (unpaired) electrons. The Bertz CT molecular complexity index is 659. The largest absolute Gasteiger partial charge is 0.453 e. The molecule has 0 N–H and O–H groups in total. The van der Waals surface area contributed by atoms with Crippen LogP contribution in [0.4, 0.5) is 0 Å². The van der Waals surface area contributed by atoms with Gasteiger partial charge in [0.05, 0.1) is 0 Å². The van der Waals surface area contributed by atoms with E-state index in [9.17, 15) is 0 Å². The van der Waals surface area contributed by atoms with Crippen LogP contribution in [0.3, 0.4) is 0 Å². The number of aromatic nitrogens is 2. The van der Waals surface area contributed by atoms with Crippen LogP contribution in [0.25, 0.3) is 21.7 Å². The highest BCUT2D eigenvalue weighted by molar-refractivity contribution is 7.09. The van der Waals surface area contributed by atoms with Crippen molar-refractivity contribution in [1.82, 2.24) is 9.36 Å². The molecule has 16 heavy (non-hydrogen) atoms. The van der Waals surface area contributed by atoms with Crippen molar-refractivity contribution in [2.75, 3.05) is 0 Å². The van der Waals surface area contributed by atoms with E-state index < -0.39 is 0 Å². The monoisotopic (exact) mass is 250 g/mol. The van der Waals surface area contributed by atoms with Gasteiger partial charge in [-0.25, -0.2) is 4.98 Å². The Kier molecular flexibility index (Phi) is 2.19. The number of hydrogen-bond acceptors (Lipinski definition) is 4. The Morgan fingerprint density at radius 3 is 2.94 bits per heavy atom. The van der Waals surface area contributed by atoms with Gasteiger partial charge in [-0.3, -0.25) is 0 Å². The molecule has 0 aliphatic rings. The molecule has 3 rings (SSSR count). The first-order chi connectivity index (χ1) is 7.72. The molecule has 1 aromatic carbocycles. The lowest BCUT2D eigenvalue weighted by molar-refractivity contribution is 0.631. The van der Waals surface area contributed by atoms with Crippen LogP contribution in [0, 0.1) is 6.92 Å². The van der Waals surface area contributed by atoms with Crippen molar-refractivity contribution in [2.24, 2.45) is 0 Å². The topological polar surface area (TPSA) is 38.9 Å². The summed E-state index contributed by atoms with van der Waals surface area (Å²) in [5.74, 6) is 0.713. The first-order valence-corrected chi connectivity index (χ1v) is 5.87. The van der Waals surface area contributed by atoms with E-state index in [0.29, 0.717) is 10.8 Å². The van der Waals surface area contributed by atoms with Crippen molar-refractivity contribution < 1.29 is 4.42 Å². The summed E-state index contributed by atoms with van der Waals surface area (Å²) in [7, 11) is 0. The van der Waals surface area contributed by atoms with E-state index in [1.165, 1.54) is 17.1 Å². The maximum Gasteiger partial charge on any atom is 0.234 e. The molecule has 2 aromatic heterocycles. The number of benzene rings is 1. The molecule has 0 bridgehead atoms. The quantitative estimate of drug-likeness (QED) is 0.657. The van der Waals surface area contributed by atoms with Crippen LogP contribution in [-0.2, 0) is 0 Å². The van der Waals surface area contributed by atoms with Gasteiger partial charge in [-0.15, -0.1) is 0 Å². The summed E-state index contributed by atoms with van der Waals surface area (Å²) in [6, 6.07) is 8.00. The van der Waals surface area contributed by atoms with Crippen LogP contribution in [-0.4, -0.2) is 9.36 Å². The van der Waals surface area contributed by atoms with Gasteiger partial charge in [0.2, 0.25) is 5.28 Å². The Morgan fingerprint density at radius 2 is 2.19 bits per heavy atom. The molecule has 0 spiro atoms. The number of hydrogen-bond donors (Lipinski definition) is 0. The molecule has 0 aliphatic heterocycles. The molecule has 0 saturated heterocycles. The van der Waals surface area contributed by atoms with Crippen LogP contribution in [0.2, 0.25) is 5.28 Å². The molecule has 80 valence electrons. The van der Waals surface area contributed by atoms with E-state index in [-0.39, 0.29) is 5.28 Å². The van der Waals surface area contributed by atoms with Gasteiger partial charge in [-0.2, -0.15) is 4.37 Å². The minimum absolute atomic E-state index is 0.261. The van der Waals surface area contributed by atoms with Crippen LogP contribution in [0.5, 0.6) is 0 Å². The van der Waals surface area contributed by atoms with Crippen molar-refractivity contribution in [1.29, 1.82) is 0 Å². The highest BCUT2D eigenvalue weighted by Gasteiger charge is 2.10. The van der Waals surface area contributed by atoms with Gasteiger partial charge in [0.15, 0.2) is 10.8 Å². The molecule has 0 aliphatic carbocycles. The van der Waals surface area contributed by atoms with Crippen molar-refractivity contribution in [3.05, 3.63) is 35.1 Å². The first-order valence-electron chi connectivity index (χ1n) is 4.72. The average Bonchev–Trinajstić information content (AvgIpc) is 2.83. The number of aryl methyl sites for hydroxylation is 1. The Morgan fingerprint density at radius 1 is 1.31 bits per heavy atom. The third-order valence-corrected chi connectivity index (χ3v) is 3.28. The number of fused-ring (bicyclic) bond motifs is 1. The van der Waals surface area contributed by atoms with Crippen LogP contribution in [0.1, 0.15) is 5.56 Å². The van der Waals surface area contributed by atoms with E-state index in [1.54, 1.807) is 0 Å². The first kappa shape index (κ1) is 9.81. The minimum atomic E-state index is 0.261. The van der Waals surface area contributed by atoms with Crippen molar-refractivity contribution in [3.8, 4) is 10.8 Å². The maximum atomic E-state index is 5.68. The number of halogens is 1. The fraction of sp³-hybridized carbons (Fsp3) is 0.0909. The van der Waals surface area contributed by atoms with Crippen molar-refractivity contribution in [2.45, 2.75) is 6.92 Å². The predicted molar refractivity (Wildman–Crippen MR) is 64.9 cm³/mol. The summed E-state index contributed by atoms with van der Waals surface area (Å²) in [6.07, 6.45) is 0. The van der Waals surface area contributed by atoms with E-state index >= 15 is 0 Å². The lowest BCUT2D eigenvalue weighted by Gasteiger charge is -1.89. The summed E-state index contributed by atoms with van der Waals surface area (Å²) in [4.78, 5) is 4.08. The normalized spacial score (nSPS) is 11.1. The molecule has 2 heterocycles. The van der Waals surface area contributed by atoms with Crippen molar-refractivity contribution in [3.63, 3.8) is 0 Å². The average molecular weight is 251 g/mol. The highest BCUT2D eigenvalue weighted by atomic mass is 35.5. The summed E-state index contributed by atoms with van der Waals surface area (Å²) in [5.41, 5.74) is 2.06. The lowest BCUT2D eigenvalue weighted by Crippen LogP contribution is -1.68. The predicted octanol–water partition coefficient (Wildman–Crippen LogP) is 3.91. The third-order valence-electron chi connectivity index (χ3n) is 2.28. The SMILES string of the molecule is Cc1ccc2oc(-c3nc(Cl)ns3)cc2c1. The second-order valence-electron chi connectivity index (χ2n) is 3.52. The minimum Gasteiger partial charge on any atom is -0.453 e. The Balaban J connectivity index is 2.18. The van der Waals surface area contributed by atoms with E-state index in [1.807, 2.05) is 25.1 Å². The summed E-state index contributed by atoms with van der Waals surface area (Å²) >= 11 is 6.92. The molecule has 0 amide bonds. The van der Waals surface area contributed by atoms with Gasteiger partial charge in [0.25, 0.3) is 0 Å². The molecule has 0 fully saturated rings. The van der Waals surface area contributed by atoms with E-state index in [2.05, 4.69) is 15.4 Å². The molecule has 0 saturated carbocycles. The summed E-state index contributed by atoms with van der Waals surface area (Å²) in [5, 5.41) is 2.04. The van der Waals surface area contributed by atoms with Crippen LogP contribution in [0.15, 0.2) is 28.7 Å². The zero-order valence-electron chi connectivity index (χ0n) is 8.40. The number of nitrogens with zero attached hydrogens (tertiary/aromatic N) is 2. The van der Waals surface area contributed by atoms with Crippen LogP contribution < -0.4 is 0 Å². The molecule has 0 unspecified atom stereocenters. The van der Waals surface area contributed by atoms with E-state index in [4.69, 9.17) is 16.0 Å². The Hall–Kier alpha value is -1.39. The van der Waals surface area contributed by atoms with Gasteiger partial charge in [-0.05, 0) is 48.3 Å². The van der Waals surface area contributed by atoms with Gasteiger partial charge in [0.1, 0.15) is 5.58 Å². The zero-order chi connectivity index (χ0) is 11.1. The fourth-order valence-corrected chi connectivity index (χ4v) is 2.33. The molecule has 0 atom stereocenters. The smallest absolute Gasteiger partial charge is 0.234 e. The highest BCUT2D eigenvalue weighted by Crippen LogP contribution is 2.29. The molecule has 3 aromatic rings. The summed E-state index contributed by atoms with van der Waals surface area (Å²) in [6.45, 7) is 2.05. The zero-order valence-corrected chi connectivity index (χ0v) is 9.97. The summed E-state index contributed by atoms with van der Waals surface area (Å²) < 4.78 is 9.59. The fourth-order valence-electron chi connectivity index (χ4n) is 1.57. The lowest BCUT2D eigenvalue weighted by atomic mass is 10.2. The van der Waals surface area contributed by atoms with Gasteiger partial charge >= 0.3 is 0 Å². The van der Waals surface area contributed by atoms with Crippen molar-refractivity contribution >= 4 is 34.1 Å². The Labute approximate surface area is 101 Å². The number of furan rings is 1. The molecular weight excluding hydrogens is 244 g/mol. The van der Waals surface area contributed by atoms with Gasteiger partial charge < -0.3 is 4.42 Å². The second kappa shape index (κ2) is 3.57. The maximum absolute atomic E-state index is 5.68. The van der Waals surface area contributed by atoms with Crippen LogP contribution >= 0.6 is 23.1 Å². The third kappa shape index (κ3) is 1.60. The standard InChI is InChI=1S/C11H7ClN2OS/c1-6-2-3-8-7(4-6)5-9(15-8)10-13-11(12)14-16-10/h2-5H,1H3. The molecular formula is C11H7ClN2OS. The number of rotatable bonds is 1.